The highest BCUT2D eigenvalue weighted by atomic mass is 35.5. The van der Waals surface area contributed by atoms with Crippen LogP contribution in [0.2, 0.25) is 10.0 Å². The van der Waals surface area contributed by atoms with Gasteiger partial charge in [-0.1, -0.05) is 71.7 Å². The summed E-state index contributed by atoms with van der Waals surface area (Å²) in [5, 5.41) is 0.752. The molecule has 8 rings (SSSR count). The summed E-state index contributed by atoms with van der Waals surface area (Å²) in [5.41, 5.74) is 4.70. The topological polar surface area (TPSA) is 63.7 Å². The summed E-state index contributed by atoms with van der Waals surface area (Å²) in [6.45, 7) is 0. The first-order valence-corrected chi connectivity index (χ1v) is 13.9. The molecule has 0 spiro atoms. The molecule has 5 aliphatic rings. The van der Waals surface area contributed by atoms with Crippen LogP contribution in [0.4, 0.5) is 0 Å². The monoisotopic (exact) mass is 545 g/mol. The Labute approximate surface area is 230 Å². The van der Waals surface area contributed by atoms with E-state index in [0.717, 1.165) is 0 Å². The van der Waals surface area contributed by atoms with E-state index in [0.29, 0.717) is 30.7 Å². The van der Waals surface area contributed by atoms with Crippen LogP contribution in [0, 0.1) is 17.8 Å². The van der Waals surface area contributed by atoms with E-state index in [-0.39, 0.29) is 64.2 Å². The van der Waals surface area contributed by atoms with E-state index in [1.54, 1.807) is 17.0 Å². The van der Waals surface area contributed by atoms with Crippen LogP contribution in [-0.2, 0) is 14.4 Å². The fourth-order valence-corrected chi connectivity index (χ4v) is 7.83. The van der Waals surface area contributed by atoms with Gasteiger partial charge in [-0.3, -0.25) is 19.3 Å². The maximum atomic E-state index is 14.0. The lowest BCUT2D eigenvalue weighted by Gasteiger charge is -2.45. The molecule has 1 saturated carbocycles. The van der Waals surface area contributed by atoms with Gasteiger partial charge < -0.3 is 4.74 Å². The summed E-state index contributed by atoms with van der Waals surface area (Å²) >= 11 is 12.1. The molecule has 0 N–H and O–H groups in total. The number of benzene rings is 3. The van der Waals surface area contributed by atoms with Crippen molar-refractivity contribution < 1.29 is 19.1 Å². The minimum absolute atomic E-state index is 0.0574. The average Bonchev–Trinajstić information content (AvgIpc) is 3.20. The molecule has 0 aromatic heterocycles. The normalized spacial score (nSPS) is 29.1. The predicted molar refractivity (Wildman–Crippen MR) is 143 cm³/mol. The van der Waals surface area contributed by atoms with Gasteiger partial charge in [0, 0.05) is 22.9 Å². The van der Waals surface area contributed by atoms with Crippen molar-refractivity contribution >= 4 is 41.0 Å². The molecule has 2 bridgehead atoms. The molecule has 1 aliphatic heterocycles. The number of hydrogen-bond acceptors (Lipinski definition) is 4. The number of halogens is 2. The predicted octanol–water partition coefficient (Wildman–Crippen LogP) is 6.35. The summed E-state index contributed by atoms with van der Waals surface area (Å²) in [6, 6.07) is 21.1. The lowest BCUT2D eigenvalue weighted by Crippen LogP contribution is -2.44. The van der Waals surface area contributed by atoms with Crippen LogP contribution in [0.5, 0.6) is 5.75 Å². The Morgan fingerprint density at radius 1 is 0.737 bits per heavy atom. The fourth-order valence-electron chi connectivity index (χ4n) is 7.38. The van der Waals surface area contributed by atoms with Crippen molar-refractivity contribution in [2.24, 2.45) is 17.8 Å². The molecule has 1 saturated heterocycles. The number of nitrogens with zero attached hydrogens (tertiary/aromatic N) is 1. The quantitative estimate of drug-likeness (QED) is 0.218. The van der Waals surface area contributed by atoms with Gasteiger partial charge in [-0.2, -0.15) is 0 Å². The van der Waals surface area contributed by atoms with Gasteiger partial charge in [0.05, 0.1) is 22.8 Å². The third-order valence-corrected chi connectivity index (χ3v) is 9.51. The number of hydrogen-bond donors (Lipinski definition) is 0. The Hall–Kier alpha value is -3.15. The largest absolute Gasteiger partial charge is 0.425 e. The van der Waals surface area contributed by atoms with Crippen LogP contribution in [0.3, 0.4) is 0 Å². The van der Waals surface area contributed by atoms with Crippen LogP contribution in [0.15, 0.2) is 66.7 Å². The van der Waals surface area contributed by atoms with Crippen LogP contribution in [0.1, 0.15) is 59.8 Å². The summed E-state index contributed by atoms with van der Waals surface area (Å²) < 4.78 is 5.55. The number of amides is 2. The number of esters is 1. The minimum atomic E-state index is -0.368. The smallest absolute Gasteiger partial charge is 0.314 e. The molecular formula is C31H25Cl2NO4. The van der Waals surface area contributed by atoms with Crippen LogP contribution >= 0.6 is 23.2 Å². The van der Waals surface area contributed by atoms with Crippen molar-refractivity contribution in [3.63, 3.8) is 0 Å². The third-order valence-electron chi connectivity index (χ3n) is 8.98. The fraction of sp³-hybridized carbons (Fsp3) is 0.323. The van der Waals surface area contributed by atoms with E-state index in [1.807, 2.05) is 24.3 Å². The number of likely N-dealkylation sites (tertiary alicyclic amines) is 1. The lowest BCUT2D eigenvalue weighted by molar-refractivity contribution is -0.144. The Bertz CT molecular complexity index is 1380. The van der Waals surface area contributed by atoms with Crippen molar-refractivity contribution in [1.82, 2.24) is 4.90 Å². The summed E-state index contributed by atoms with van der Waals surface area (Å²) in [5.74, 6) is -1.42. The van der Waals surface area contributed by atoms with Crippen molar-refractivity contribution in [2.45, 2.75) is 43.6 Å². The average molecular weight is 546 g/mol. The SMILES string of the molecule is O=C(Oc1ccc(Cl)cc1Cl)C1CCC(N2C(=O)[C@@H]3C4c5ccccc5C(c5ccccc54)[C@@H]3C2=O)CC1. The highest BCUT2D eigenvalue weighted by Gasteiger charge is 2.62. The first kappa shape index (κ1) is 23.9. The van der Waals surface area contributed by atoms with Gasteiger partial charge in [-0.15, -0.1) is 0 Å². The molecule has 38 heavy (non-hydrogen) atoms. The zero-order chi connectivity index (χ0) is 26.1. The van der Waals surface area contributed by atoms with E-state index in [1.165, 1.54) is 28.3 Å². The zero-order valence-electron chi connectivity index (χ0n) is 20.5. The summed E-state index contributed by atoms with van der Waals surface area (Å²) in [7, 11) is 0. The summed E-state index contributed by atoms with van der Waals surface area (Å²) in [6.07, 6.45) is 2.27. The maximum absolute atomic E-state index is 14.0. The minimum Gasteiger partial charge on any atom is -0.425 e. The van der Waals surface area contributed by atoms with Crippen molar-refractivity contribution in [3.8, 4) is 5.75 Å². The second-order valence-corrected chi connectivity index (χ2v) is 11.7. The maximum Gasteiger partial charge on any atom is 0.314 e. The van der Waals surface area contributed by atoms with Crippen molar-refractivity contribution in [3.05, 3.63) is 99.0 Å². The van der Waals surface area contributed by atoms with Gasteiger partial charge in [0.1, 0.15) is 5.75 Å². The van der Waals surface area contributed by atoms with Crippen molar-refractivity contribution in [1.29, 1.82) is 0 Å². The van der Waals surface area contributed by atoms with E-state index in [2.05, 4.69) is 24.3 Å². The first-order valence-electron chi connectivity index (χ1n) is 13.2. The van der Waals surface area contributed by atoms with Gasteiger partial charge in [0.25, 0.3) is 0 Å². The van der Waals surface area contributed by atoms with Crippen LogP contribution in [-0.4, -0.2) is 28.7 Å². The van der Waals surface area contributed by atoms with E-state index < -0.39 is 0 Å². The molecule has 1 heterocycles. The second kappa shape index (κ2) is 8.96. The molecule has 3 aromatic rings. The van der Waals surface area contributed by atoms with Gasteiger partial charge in [0.15, 0.2) is 0 Å². The molecule has 192 valence electrons. The molecule has 2 fully saturated rings. The molecule has 2 amide bonds. The van der Waals surface area contributed by atoms with E-state index >= 15 is 0 Å². The number of imide groups is 1. The molecule has 0 unspecified atom stereocenters. The van der Waals surface area contributed by atoms with E-state index in [4.69, 9.17) is 27.9 Å². The molecule has 2 atom stereocenters. The highest BCUT2D eigenvalue weighted by Crippen LogP contribution is 2.61. The molecule has 7 heteroatoms. The molecule has 3 aromatic carbocycles. The Kier molecular flexibility index (Phi) is 5.64. The Morgan fingerprint density at radius 2 is 1.24 bits per heavy atom. The first-order chi connectivity index (χ1) is 18.4. The number of rotatable bonds is 3. The number of ether oxygens (including phenoxy) is 1. The standard InChI is InChI=1S/C31H25Cl2NO4/c32-17-11-14-24(23(33)15-17)38-31(37)16-9-12-18(13-10-16)34-29(35)27-25-19-5-1-2-6-20(19)26(28(27)30(34)36)22-8-4-3-7-21(22)25/h1-8,11,14-16,18,25-28H,9-10,12-13H2/t16?,18?,25?,26?,27-,28+. The van der Waals surface area contributed by atoms with Crippen molar-refractivity contribution in [2.75, 3.05) is 0 Å². The highest BCUT2D eigenvalue weighted by molar-refractivity contribution is 6.35. The second-order valence-electron chi connectivity index (χ2n) is 10.8. The van der Waals surface area contributed by atoms with Crippen LogP contribution in [0.25, 0.3) is 0 Å². The van der Waals surface area contributed by atoms with Gasteiger partial charge >= 0.3 is 5.97 Å². The van der Waals surface area contributed by atoms with Gasteiger partial charge in [0.2, 0.25) is 11.8 Å². The van der Waals surface area contributed by atoms with E-state index in [9.17, 15) is 14.4 Å². The zero-order valence-corrected chi connectivity index (χ0v) is 22.0. The third kappa shape index (κ3) is 3.48. The Balaban J connectivity index is 1.11. The molecule has 4 aliphatic carbocycles. The lowest BCUT2D eigenvalue weighted by atomic mass is 9.55. The summed E-state index contributed by atoms with van der Waals surface area (Å²) in [4.78, 5) is 42.3. The van der Waals surface area contributed by atoms with Gasteiger partial charge in [-0.05, 0) is 66.1 Å². The number of carbonyl (C=O) groups is 3. The van der Waals surface area contributed by atoms with Crippen LogP contribution < -0.4 is 4.74 Å². The molecule has 5 nitrogen and oxygen atoms in total. The number of carbonyl (C=O) groups excluding carboxylic acids is 3. The molecule has 0 radical (unpaired) electrons. The molecular weight excluding hydrogens is 521 g/mol. The Morgan fingerprint density at radius 3 is 1.71 bits per heavy atom. The van der Waals surface area contributed by atoms with Gasteiger partial charge in [-0.25, -0.2) is 0 Å².